The molecule has 0 saturated carbocycles. The number of fused-ring (bicyclic) bond motifs is 1. The fourth-order valence-electron chi connectivity index (χ4n) is 11.3. The molecule has 548 valence electrons. The number of nitrogens with zero attached hydrogens (tertiary/aromatic N) is 3. The smallest absolute Gasteiger partial charge is 0.325 e. The molecule has 6 rings (SSSR count). The van der Waals surface area contributed by atoms with Crippen LogP contribution in [0.1, 0.15) is 94.9 Å². The number of phenolic OH excluding ortho intramolecular Hbond substituents is 1. The highest BCUT2D eigenvalue weighted by Gasteiger charge is 2.40. The maximum atomic E-state index is 15.0. The number of phenols is 1. The average Bonchev–Trinajstić information content (AvgIpc) is 1.81. The van der Waals surface area contributed by atoms with Crippen LogP contribution in [-0.2, 0) is 78.4 Å². The van der Waals surface area contributed by atoms with Crippen LogP contribution >= 0.6 is 11.6 Å². The second kappa shape index (κ2) is 39.7. The summed E-state index contributed by atoms with van der Waals surface area (Å²) >= 11 is 6.22. The number of aliphatic imine (C=N–C) groups is 1. The number of likely N-dealkylation sites (tertiary alicyclic amines) is 1. The first-order valence-electron chi connectivity index (χ1n) is 33.8. The van der Waals surface area contributed by atoms with Gasteiger partial charge < -0.3 is 90.6 Å². The number of aliphatic hydroxyl groups excluding tert-OH is 1. The molecule has 10 atom stereocenters. The predicted molar refractivity (Wildman–Crippen MR) is 377 cm³/mol. The predicted octanol–water partition coefficient (Wildman–Crippen LogP) is -0.117. The van der Waals surface area contributed by atoms with Gasteiger partial charge in [-0.25, -0.2) is 4.79 Å². The number of pyridine rings is 1. The molecule has 1 fully saturated rings. The summed E-state index contributed by atoms with van der Waals surface area (Å²) in [6.45, 7) is 4.73. The molecule has 0 unspecified atom stereocenters. The van der Waals surface area contributed by atoms with Crippen molar-refractivity contribution in [2.24, 2.45) is 28.1 Å². The van der Waals surface area contributed by atoms with Gasteiger partial charge in [-0.2, -0.15) is 0 Å². The van der Waals surface area contributed by atoms with Gasteiger partial charge in [0.1, 0.15) is 66.2 Å². The summed E-state index contributed by atoms with van der Waals surface area (Å²) in [6, 6.07) is 11.9. The number of carbonyl (C=O) groups excluding carboxylic acids is 11. The zero-order chi connectivity index (χ0) is 75.4. The van der Waals surface area contributed by atoms with Gasteiger partial charge in [0.25, 0.3) is 0 Å². The Morgan fingerprint density at radius 2 is 1.14 bits per heavy atom. The van der Waals surface area contributed by atoms with E-state index in [1.165, 1.54) is 55.4 Å². The Balaban J connectivity index is 1.27. The highest BCUT2D eigenvalue weighted by molar-refractivity contribution is 6.30. The molecule has 12 amide bonds. The zero-order valence-electron chi connectivity index (χ0n) is 58.1. The molecule has 0 spiro atoms. The average molecular weight is 1430 g/mol. The zero-order valence-corrected chi connectivity index (χ0v) is 57.8. The van der Waals surface area contributed by atoms with Crippen LogP contribution in [0, 0.1) is 5.92 Å². The monoisotopic (exact) mass is 1430 g/mol. The molecule has 0 bridgehead atoms. The molecule has 1 aliphatic rings. The number of halogens is 1. The number of carboxylic acid groups (broad SMARTS) is 1. The first-order valence-corrected chi connectivity index (χ1v) is 33.7. The van der Waals surface area contributed by atoms with Crippen LogP contribution in [0.5, 0.6) is 5.75 Å². The van der Waals surface area contributed by atoms with Gasteiger partial charge in [-0.15, -0.1) is 0 Å². The number of guanidine groups is 1. The van der Waals surface area contributed by atoms with Gasteiger partial charge in [-0.1, -0.05) is 98.2 Å². The van der Waals surface area contributed by atoms with Crippen LogP contribution in [-0.4, -0.2) is 189 Å². The molecule has 4 aromatic carbocycles. The second-order valence-corrected chi connectivity index (χ2v) is 25.6. The van der Waals surface area contributed by atoms with E-state index in [0.29, 0.717) is 28.1 Å². The van der Waals surface area contributed by atoms with Crippen LogP contribution in [0.2, 0.25) is 6.43 Å². The summed E-state index contributed by atoms with van der Waals surface area (Å²) in [6.07, 6.45) is 2.08. The SMILES string of the molecule is [2H]N(C(=O)[C@H](CO)NC(=O)[C@@H](Cc1cccnc1)NC(=O)[C@@H](Cc1ccc(Cl)cc1)NC(=O)[C@@H](Cc1ccc2ccccc2c1)NC(C)=O)[C@@H](Cc1ccc(O)cc1)C(=O)N[C@@H](CCCNC(N)=O)C(=O)N[C@@H](CC(C)C)C(=O)N[C@@H](CCCN=C(N)N)C(=O)N1CCC[C@H]1C(=O)N[C@H](C)C(=O)O. The Kier molecular flexibility index (Phi) is 30.5. The number of primary amides is 1. The second-order valence-electron chi connectivity index (χ2n) is 25.2. The van der Waals surface area contributed by atoms with E-state index in [2.05, 4.69) is 57.8 Å². The van der Waals surface area contributed by atoms with Crippen LogP contribution in [0.15, 0.2) is 121 Å². The molecule has 1 saturated heterocycles. The Hall–Kier alpha value is -10.9. The number of aromatic hydroxyl groups is 1. The van der Waals surface area contributed by atoms with Gasteiger partial charge in [0.2, 0.25) is 59.1 Å². The van der Waals surface area contributed by atoms with Gasteiger partial charge in [0.05, 0.1) is 6.61 Å². The third kappa shape index (κ3) is 26.0. The Labute approximate surface area is 595 Å². The quantitative estimate of drug-likeness (QED) is 0.0139. The van der Waals surface area contributed by atoms with Crippen LogP contribution in [0.3, 0.4) is 0 Å². The summed E-state index contributed by atoms with van der Waals surface area (Å²) in [5.74, 6) is -11.2. The van der Waals surface area contributed by atoms with E-state index in [-0.39, 0.29) is 106 Å². The molecule has 19 N–H and O–H groups in total. The molecule has 5 aromatic rings. The lowest BCUT2D eigenvalue weighted by molar-refractivity contribution is -0.144. The lowest BCUT2D eigenvalue weighted by Crippen LogP contribution is -2.61. The number of hydrogen-bond donors (Lipinski definition) is 16. The number of nitrogens with one attached hydrogen (secondary N) is 10. The lowest BCUT2D eigenvalue weighted by atomic mass is 9.99. The van der Waals surface area contributed by atoms with Crippen molar-refractivity contribution in [1.29, 1.82) is 0 Å². The van der Waals surface area contributed by atoms with Gasteiger partial charge in [-0.3, -0.25) is 62.7 Å². The molecular weight excluding hydrogens is 1340 g/mol. The van der Waals surface area contributed by atoms with Gasteiger partial charge in [0, 0.05) is 69.7 Å². The molecular formula is C70H91ClN16O15. The molecule has 102 heavy (non-hydrogen) atoms. The van der Waals surface area contributed by atoms with Crippen LogP contribution < -0.4 is 70.4 Å². The first-order chi connectivity index (χ1) is 49.0. The summed E-state index contributed by atoms with van der Waals surface area (Å²) in [5, 5.41) is 56.2. The topological polar surface area (TPSA) is 492 Å². The first kappa shape index (κ1) is 78.4. The largest absolute Gasteiger partial charge is 0.508 e. The van der Waals surface area contributed by atoms with Crippen molar-refractivity contribution in [2.45, 2.75) is 159 Å². The minimum absolute atomic E-state index is 0.00823. The molecule has 1 aromatic heterocycles. The van der Waals surface area contributed by atoms with Crippen molar-refractivity contribution in [3.05, 3.63) is 143 Å². The number of hydrogen-bond acceptors (Lipinski definition) is 16. The van der Waals surface area contributed by atoms with Crippen LogP contribution in [0.4, 0.5) is 4.79 Å². The van der Waals surface area contributed by atoms with E-state index in [0.717, 1.165) is 10.8 Å². The van der Waals surface area contributed by atoms with Gasteiger partial charge in [0.15, 0.2) is 7.37 Å². The molecule has 0 radical (unpaired) electrons. The normalized spacial score (nSPS) is 15.3. The van der Waals surface area contributed by atoms with Crippen molar-refractivity contribution < 1.29 is 74.3 Å². The van der Waals surface area contributed by atoms with E-state index in [9.17, 15) is 74.3 Å². The van der Waals surface area contributed by atoms with Crippen LogP contribution in [0.25, 0.3) is 10.8 Å². The number of urea groups is 1. The van der Waals surface area contributed by atoms with E-state index in [1.807, 2.05) is 42.5 Å². The third-order valence-corrected chi connectivity index (χ3v) is 16.8. The standard InChI is InChI=1S/C70H91ClN16O15/c1-39(2)31-52(60(92)81-51(15-9-28-76-69(72)73)67(99)87-30-10-16-58(87)66(98)78-40(3)68(100)101)82-59(91)50(14-8-29-77-70(74)102)80-62(94)54(34-43-20-25-49(90)26-21-43)85-65(97)57(38-88)86-64(96)56(36-45-11-7-27-75-37-45)84-63(95)55(33-42-18-23-48(71)24-19-42)83-61(93)53(79-41(4)89)35-44-17-22-46-12-5-6-13-47(46)32-44/h5-7,11-13,17-27,32,37,39-40,50-58,88,90H,8-10,14-16,28-31,33-36,38H2,1-4H3,(H,78,98)(H,79,89)(H,80,94)(H,81,92)(H,82,91)(H,83,93)(H,84,95)(H,85,97)(H,86,96)(H,100,101)(H4,72,73,76)(H3,74,77,102)/t40-,50+,51+,52+,53-,54+,55-,56-,57+,58+/m1/s1/i/hD. The van der Waals surface area contributed by atoms with Crippen molar-refractivity contribution in [1.82, 2.24) is 63.0 Å². The molecule has 32 heteroatoms. The maximum absolute atomic E-state index is 15.0. The number of carboxylic acids is 1. The number of amides is 12. The summed E-state index contributed by atoms with van der Waals surface area (Å²) < 4.78 is 9.35. The van der Waals surface area contributed by atoms with Crippen molar-refractivity contribution in [3.63, 3.8) is 0 Å². The van der Waals surface area contributed by atoms with Crippen molar-refractivity contribution >= 4 is 99.4 Å². The minimum Gasteiger partial charge on any atom is -0.508 e. The summed E-state index contributed by atoms with van der Waals surface area (Å²) in [4.78, 5) is 176. The number of carbonyl (C=O) groups is 12. The van der Waals surface area contributed by atoms with E-state index in [1.54, 1.807) is 50.2 Å². The van der Waals surface area contributed by atoms with Crippen molar-refractivity contribution in [3.8, 4) is 5.75 Å². The molecule has 31 nitrogen and oxygen atoms in total. The highest BCUT2D eigenvalue weighted by atomic mass is 35.5. The number of aliphatic carboxylic acids is 1. The number of benzene rings is 4. The number of aliphatic hydroxyl groups is 1. The van der Waals surface area contributed by atoms with Gasteiger partial charge in [-0.05, 0) is 121 Å². The minimum atomic E-state index is -2.03. The van der Waals surface area contributed by atoms with Crippen molar-refractivity contribution in [2.75, 3.05) is 26.2 Å². The molecule has 2 heterocycles. The van der Waals surface area contributed by atoms with E-state index >= 15 is 0 Å². The number of nitrogens with two attached hydrogens (primary N) is 3. The fraction of sp³-hybridized carbons (Fsp3) is 0.429. The Bertz CT molecular complexity index is 3820. The van der Waals surface area contributed by atoms with Gasteiger partial charge >= 0.3 is 12.0 Å². The number of rotatable bonds is 38. The van der Waals surface area contributed by atoms with E-state index in [4.69, 9.17) is 28.8 Å². The fourth-order valence-corrected chi connectivity index (χ4v) is 11.4. The molecule has 1 aliphatic heterocycles. The highest BCUT2D eigenvalue weighted by Crippen LogP contribution is 2.22. The molecule has 0 aliphatic carbocycles. The Morgan fingerprint density at radius 3 is 1.74 bits per heavy atom. The Morgan fingerprint density at radius 1 is 0.608 bits per heavy atom. The maximum Gasteiger partial charge on any atom is 0.325 e. The lowest BCUT2D eigenvalue weighted by Gasteiger charge is -2.31. The third-order valence-electron chi connectivity index (χ3n) is 16.5. The summed E-state index contributed by atoms with van der Waals surface area (Å²) in [7, 11) is 0. The van der Waals surface area contributed by atoms with E-state index < -0.39 is 145 Å². The number of aromatic nitrogens is 1. The summed E-state index contributed by atoms with van der Waals surface area (Å²) in [5.41, 5.74) is 18.3.